The lowest BCUT2D eigenvalue weighted by Gasteiger charge is -2.33. The van der Waals surface area contributed by atoms with E-state index in [2.05, 4.69) is 0 Å². The van der Waals surface area contributed by atoms with Gasteiger partial charge in [-0.2, -0.15) is 0 Å². The molecule has 0 aliphatic heterocycles. The molecule has 0 heterocycles. The zero-order chi connectivity index (χ0) is 29.0. The van der Waals surface area contributed by atoms with E-state index in [0.717, 1.165) is 0 Å². The number of hydrogen-bond donors (Lipinski definition) is 2. The maximum absolute atomic E-state index is 15.8. The Labute approximate surface area is 237 Å². The summed E-state index contributed by atoms with van der Waals surface area (Å²) < 4.78 is 31.6. The molecule has 2 N–H and O–H groups in total. The highest BCUT2D eigenvalue weighted by Gasteiger charge is 2.44. The van der Waals surface area contributed by atoms with Crippen molar-refractivity contribution in [3.8, 4) is 0 Å². The van der Waals surface area contributed by atoms with Gasteiger partial charge < -0.3 is 19.3 Å². The summed E-state index contributed by atoms with van der Waals surface area (Å²) in [6, 6.07) is 36.3. The summed E-state index contributed by atoms with van der Waals surface area (Å²) >= 11 is 0. The molecule has 0 amide bonds. The third-order valence-electron chi connectivity index (χ3n) is 6.40. The molecule has 206 valence electrons. The molecule has 4 nitrogen and oxygen atoms in total. The van der Waals surface area contributed by atoms with Crippen LogP contribution in [0.1, 0.15) is 27.7 Å². The Morgan fingerprint density at radius 1 is 0.475 bits per heavy atom. The standard InChI is InChI=1S/C34H36O4P2/c1-33(2,35)25-31(39(37,27-17-9-5-10-18-27)28-19-11-6-12-20-28)32(26-34(3,4)36)40(38,29-21-13-7-14-22-29)30-23-15-8-16-24-30/h5-26,35-36H,1-4H3/b31-25-,32-26-. The molecule has 0 aromatic heterocycles. The maximum atomic E-state index is 15.8. The molecule has 0 aliphatic carbocycles. The number of rotatable bonds is 9. The van der Waals surface area contributed by atoms with Crippen LogP contribution in [0.15, 0.2) is 144 Å². The summed E-state index contributed by atoms with van der Waals surface area (Å²) in [6.45, 7) is 6.41. The fourth-order valence-electron chi connectivity index (χ4n) is 4.73. The number of hydrogen-bond acceptors (Lipinski definition) is 4. The second kappa shape index (κ2) is 11.7. The van der Waals surface area contributed by atoms with Crippen LogP contribution in [0.5, 0.6) is 0 Å². The number of aliphatic hydroxyl groups is 2. The van der Waals surface area contributed by atoms with Crippen molar-refractivity contribution in [2.75, 3.05) is 0 Å². The largest absolute Gasteiger partial charge is 0.386 e. The lowest BCUT2D eigenvalue weighted by Crippen LogP contribution is -2.27. The molecule has 0 fully saturated rings. The van der Waals surface area contributed by atoms with Crippen LogP contribution in [-0.2, 0) is 9.13 Å². The first-order valence-corrected chi connectivity index (χ1v) is 16.6. The first-order valence-electron chi connectivity index (χ1n) is 13.2. The van der Waals surface area contributed by atoms with Crippen LogP contribution in [0.2, 0.25) is 0 Å². The predicted octanol–water partition coefficient (Wildman–Crippen LogP) is 6.32. The van der Waals surface area contributed by atoms with Gasteiger partial charge in [-0.25, -0.2) is 0 Å². The highest BCUT2D eigenvalue weighted by atomic mass is 31.2. The quantitative estimate of drug-likeness (QED) is 0.182. The second-order valence-electron chi connectivity index (χ2n) is 10.9. The van der Waals surface area contributed by atoms with E-state index in [-0.39, 0.29) is 10.6 Å². The lowest BCUT2D eigenvalue weighted by atomic mass is 10.1. The van der Waals surface area contributed by atoms with Crippen molar-refractivity contribution < 1.29 is 19.3 Å². The van der Waals surface area contributed by atoms with Gasteiger partial charge in [-0.3, -0.25) is 0 Å². The van der Waals surface area contributed by atoms with Crippen molar-refractivity contribution in [2.24, 2.45) is 0 Å². The third kappa shape index (κ3) is 6.38. The molecule has 0 atom stereocenters. The van der Waals surface area contributed by atoms with Gasteiger partial charge in [0.1, 0.15) is 0 Å². The van der Waals surface area contributed by atoms with Gasteiger partial charge in [0.2, 0.25) is 0 Å². The summed E-state index contributed by atoms with van der Waals surface area (Å²) in [5, 5.41) is 25.0. The van der Waals surface area contributed by atoms with E-state index in [9.17, 15) is 10.2 Å². The fourth-order valence-corrected chi connectivity index (χ4v) is 11.4. The van der Waals surface area contributed by atoms with Crippen LogP contribution in [0.25, 0.3) is 0 Å². The van der Waals surface area contributed by atoms with Crippen LogP contribution in [-0.4, -0.2) is 21.4 Å². The summed E-state index contributed by atoms with van der Waals surface area (Å²) in [5.41, 5.74) is -2.85. The molecule has 4 aromatic carbocycles. The Morgan fingerprint density at radius 2 is 0.675 bits per heavy atom. The van der Waals surface area contributed by atoms with Crippen molar-refractivity contribution >= 4 is 35.5 Å². The molecule has 0 spiro atoms. The minimum atomic E-state index is -3.76. The fraction of sp³-hybridized carbons (Fsp3) is 0.176. The van der Waals surface area contributed by atoms with Crippen LogP contribution < -0.4 is 21.2 Å². The molecule has 0 radical (unpaired) electrons. The van der Waals surface area contributed by atoms with Crippen LogP contribution >= 0.6 is 14.3 Å². The predicted molar refractivity (Wildman–Crippen MR) is 168 cm³/mol. The first kappa shape index (κ1) is 29.7. The summed E-state index contributed by atoms with van der Waals surface area (Å²) in [4.78, 5) is 0. The van der Waals surface area contributed by atoms with E-state index >= 15 is 9.13 Å². The van der Waals surface area contributed by atoms with Gasteiger partial charge in [0.25, 0.3) is 0 Å². The molecule has 4 aromatic rings. The minimum absolute atomic E-state index is 0.232. The highest BCUT2D eigenvalue weighted by Crippen LogP contribution is 2.66. The molecule has 0 saturated heterocycles. The number of benzene rings is 4. The highest BCUT2D eigenvalue weighted by molar-refractivity contribution is 7.87. The molecule has 40 heavy (non-hydrogen) atoms. The van der Waals surface area contributed by atoms with E-state index in [0.29, 0.717) is 21.2 Å². The van der Waals surface area contributed by atoms with Gasteiger partial charge >= 0.3 is 0 Å². The van der Waals surface area contributed by atoms with Crippen molar-refractivity contribution in [3.63, 3.8) is 0 Å². The van der Waals surface area contributed by atoms with Gasteiger partial charge in [-0.15, -0.1) is 0 Å². The van der Waals surface area contributed by atoms with E-state index in [1.165, 1.54) is 0 Å². The topological polar surface area (TPSA) is 74.6 Å². The van der Waals surface area contributed by atoms with Crippen molar-refractivity contribution in [1.82, 2.24) is 0 Å². The molecule has 0 bridgehead atoms. The van der Waals surface area contributed by atoms with Crippen molar-refractivity contribution in [2.45, 2.75) is 38.9 Å². The van der Waals surface area contributed by atoms with Gasteiger partial charge in [-0.05, 0) is 39.8 Å². The molecular weight excluding hydrogens is 534 g/mol. The molecule has 0 saturated carbocycles. The third-order valence-corrected chi connectivity index (χ3v) is 12.8. The van der Waals surface area contributed by atoms with E-state index in [1.54, 1.807) is 88.4 Å². The Morgan fingerprint density at radius 3 is 0.850 bits per heavy atom. The first-order chi connectivity index (χ1) is 18.9. The summed E-state index contributed by atoms with van der Waals surface area (Å²) in [5.74, 6) is 0. The average molecular weight is 571 g/mol. The smallest absolute Gasteiger partial charge is 0.171 e. The molecular formula is C34H36O4P2. The zero-order valence-electron chi connectivity index (χ0n) is 23.3. The Bertz CT molecular complexity index is 1370. The van der Waals surface area contributed by atoms with Gasteiger partial charge in [0.05, 0.1) is 11.2 Å². The van der Waals surface area contributed by atoms with E-state index in [4.69, 9.17) is 0 Å². The van der Waals surface area contributed by atoms with Gasteiger partial charge in [0, 0.05) is 31.8 Å². The molecule has 0 unspecified atom stereocenters. The zero-order valence-corrected chi connectivity index (χ0v) is 25.1. The van der Waals surface area contributed by atoms with Crippen LogP contribution in [0.4, 0.5) is 0 Å². The Balaban J connectivity index is 2.23. The summed E-state index contributed by atoms with van der Waals surface area (Å²) in [7, 11) is -7.52. The normalized spacial score (nSPS) is 13.8. The number of allylic oxidation sites excluding steroid dienone is 2. The van der Waals surface area contributed by atoms with Crippen LogP contribution in [0, 0.1) is 0 Å². The minimum Gasteiger partial charge on any atom is -0.386 e. The second-order valence-corrected chi connectivity index (χ2v) is 16.4. The molecule has 4 rings (SSSR count). The average Bonchev–Trinajstić information content (AvgIpc) is 2.95. The molecule has 6 heteroatoms. The SMILES string of the molecule is CC(C)(O)/C=C(/C(=C/C(C)(C)O)P(=O)(c1ccccc1)c1ccccc1)P(=O)(c1ccccc1)c1ccccc1. The van der Waals surface area contributed by atoms with E-state index in [1.807, 2.05) is 72.8 Å². The monoisotopic (exact) mass is 570 g/mol. The van der Waals surface area contributed by atoms with Gasteiger partial charge in [-0.1, -0.05) is 121 Å². The summed E-state index contributed by atoms with van der Waals surface area (Å²) in [6.07, 6.45) is 3.09. The van der Waals surface area contributed by atoms with Crippen molar-refractivity contribution in [1.29, 1.82) is 0 Å². The Hall–Kier alpha value is -3.26. The van der Waals surface area contributed by atoms with Crippen LogP contribution in [0.3, 0.4) is 0 Å². The van der Waals surface area contributed by atoms with E-state index < -0.39 is 25.5 Å². The lowest BCUT2D eigenvalue weighted by molar-refractivity contribution is 0.130. The van der Waals surface area contributed by atoms with Gasteiger partial charge in [0.15, 0.2) is 14.3 Å². The Kier molecular flexibility index (Phi) is 8.69. The van der Waals surface area contributed by atoms with Crippen molar-refractivity contribution in [3.05, 3.63) is 144 Å². The maximum Gasteiger partial charge on any atom is 0.171 e. The molecule has 0 aliphatic rings.